The Hall–Kier alpha value is -1.86. The summed E-state index contributed by atoms with van der Waals surface area (Å²) in [5.41, 5.74) is 7.87. The molecule has 0 saturated carbocycles. The zero-order valence-corrected chi connectivity index (χ0v) is 6.95. The van der Waals surface area contributed by atoms with Crippen LogP contribution in [0.15, 0.2) is 34.8 Å². The Morgan fingerprint density at radius 2 is 2.15 bits per heavy atom. The Balaban J connectivity index is 2.59. The molecule has 3 heteroatoms. The van der Waals surface area contributed by atoms with Crippen LogP contribution in [0.1, 0.15) is 5.56 Å². The van der Waals surface area contributed by atoms with Crippen molar-refractivity contribution in [3.8, 4) is 0 Å². The molecule has 1 aliphatic rings. The summed E-state index contributed by atoms with van der Waals surface area (Å²) in [7, 11) is 0. The summed E-state index contributed by atoms with van der Waals surface area (Å²) in [5.74, 6) is 2.09. The van der Waals surface area contributed by atoms with Crippen LogP contribution in [0.5, 0.6) is 0 Å². The van der Waals surface area contributed by atoms with E-state index in [1.165, 1.54) is 0 Å². The van der Waals surface area contributed by atoms with Gasteiger partial charge >= 0.3 is 0 Å². The van der Waals surface area contributed by atoms with Crippen LogP contribution in [0.4, 0.5) is 5.69 Å². The van der Waals surface area contributed by atoms with E-state index in [2.05, 4.69) is 4.99 Å². The highest BCUT2D eigenvalue weighted by Crippen LogP contribution is 2.25. The van der Waals surface area contributed by atoms with Crippen molar-refractivity contribution in [1.82, 2.24) is 0 Å². The number of hydrogen-bond acceptors (Lipinski definition) is 3. The highest BCUT2D eigenvalue weighted by Gasteiger charge is 2.14. The van der Waals surface area contributed by atoms with Crippen molar-refractivity contribution >= 4 is 17.5 Å². The van der Waals surface area contributed by atoms with Gasteiger partial charge in [-0.15, -0.1) is 0 Å². The molecule has 0 spiro atoms. The molecule has 3 nitrogen and oxygen atoms in total. The highest BCUT2D eigenvalue weighted by molar-refractivity contribution is 6.06. The third-order valence-corrected chi connectivity index (χ3v) is 2.03. The Kier molecular flexibility index (Phi) is 1.72. The van der Waals surface area contributed by atoms with E-state index in [-0.39, 0.29) is 5.84 Å². The lowest BCUT2D eigenvalue weighted by Gasteiger charge is -2.12. The maximum absolute atomic E-state index is 10.5. The largest absolute Gasteiger partial charge is 0.383 e. The van der Waals surface area contributed by atoms with Gasteiger partial charge in [0, 0.05) is 6.42 Å². The molecule has 0 radical (unpaired) electrons. The molecule has 1 aromatic rings. The molecule has 2 rings (SSSR count). The zero-order chi connectivity index (χ0) is 9.26. The van der Waals surface area contributed by atoms with Crippen molar-refractivity contribution in [3.05, 3.63) is 35.4 Å². The Morgan fingerprint density at radius 3 is 2.92 bits per heavy atom. The van der Waals surface area contributed by atoms with Crippen LogP contribution in [0.2, 0.25) is 0 Å². The Labute approximate surface area is 75.6 Å². The first-order valence-corrected chi connectivity index (χ1v) is 3.97. The third kappa shape index (κ3) is 1.25. The zero-order valence-electron chi connectivity index (χ0n) is 6.95. The molecule has 13 heavy (non-hydrogen) atoms. The topological polar surface area (TPSA) is 55.4 Å². The van der Waals surface area contributed by atoms with Crippen LogP contribution in [0.25, 0.3) is 0 Å². The quantitative estimate of drug-likeness (QED) is 0.593. The number of benzene rings is 1. The average Bonchev–Trinajstić information content (AvgIpc) is 2.17. The van der Waals surface area contributed by atoms with Gasteiger partial charge in [-0.25, -0.2) is 9.79 Å². The van der Waals surface area contributed by atoms with E-state index in [9.17, 15) is 4.79 Å². The van der Waals surface area contributed by atoms with Crippen molar-refractivity contribution in [3.63, 3.8) is 0 Å². The number of carbonyl (C=O) groups excluding carboxylic acids is 1. The number of aliphatic imine (C=N–C) groups is 1. The fourth-order valence-corrected chi connectivity index (χ4v) is 1.34. The molecule has 0 bridgehead atoms. The van der Waals surface area contributed by atoms with Gasteiger partial charge in [0.05, 0.1) is 11.3 Å². The van der Waals surface area contributed by atoms with Gasteiger partial charge in [-0.05, 0) is 11.6 Å². The summed E-state index contributed by atoms with van der Waals surface area (Å²) in [4.78, 5) is 14.6. The summed E-state index contributed by atoms with van der Waals surface area (Å²) < 4.78 is 0. The van der Waals surface area contributed by atoms with Gasteiger partial charge in [0.1, 0.15) is 11.8 Å². The van der Waals surface area contributed by atoms with Gasteiger partial charge in [0.15, 0.2) is 0 Å². The van der Waals surface area contributed by atoms with E-state index in [1.54, 1.807) is 5.94 Å². The second-order valence-electron chi connectivity index (χ2n) is 2.88. The van der Waals surface area contributed by atoms with E-state index in [1.807, 2.05) is 24.3 Å². The summed E-state index contributed by atoms with van der Waals surface area (Å²) in [6.45, 7) is 0. The van der Waals surface area contributed by atoms with E-state index in [4.69, 9.17) is 5.73 Å². The number of amidine groups is 1. The fourth-order valence-electron chi connectivity index (χ4n) is 1.34. The summed E-state index contributed by atoms with van der Waals surface area (Å²) >= 11 is 0. The monoisotopic (exact) mass is 172 g/mol. The number of nitrogens with two attached hydrogens (primary N) is 1. The van der Waals surface area contributed by atoms with E-state index in [0.29, 0.717) is 12.0 Å². The minimum Gasteiger partial charge on any atom is -0.383 e. The highest BCUT2D eigenvalue weighted by atomic mass is 16.1. The lowest BCUT2D eigenvalue weighted by Crippen LogP contribution is -2.19. The normalized spacial score (nSPS) is 14.5. The molecule has 0 amide bonds. The molecule has 0 saturated heterocycles. The van der Waals surface area contributed by atoms with Crippen molar-refractivity contribution < 1.29 is 4.79 Å². The molecule has 0 unspecified atom stereocenters. The second kappa shape index (κ2) is 2.88. The molecule has 0 aliphatic carbocycles. The van der Waals surface area contributed by atoms with Crippen LogP contribution in [-0.4, -0.2) is 11.8 Å². The van der Waals surface area contributed by atoms with E-state index >= 15 is 0 Å². The summed E-state index contributed by atoms with van der Waals surface area (Å²) in [6.07, 6.45) is 0.537. The van der Waals surface area contributed by atoms with Gasteiger partial charge in [0.25, 0.3) is 0 Å². The first-order valence-electron chi connectivity index (χ1n) is 3.97. The number of rotatable bonds is 0. The molecular formula is C10H8N2O. The summed E-state index contributed by atoms with van der Waals surface area (Å²) in [5, 5.41) is 0. The minimum atomic E-state index is 0.286. The van der Waals surface area contributed by atoms with Crippen LogP contribution in [-0.2, 0) is 11.2 Å². The van der Waals surface area contributed by atoms with Crippen LogP contribution in [0.3, 0.4) is 0 Å². The predicted octanol–water partition coefficient (Wildman–Crippen LogP) is 0.989. The fraction of sp³-hybridized carbons (Fsp3) is 0.100. The number of hydrogen-bond donors (Lipinski definition) is 1. The van der Waals surface area contributed by atoms with Gasteiger partial charge in [-0.3, -0.25) is 0 Å². The lowest BCUT2D eigenvalue weighted by atomic mass is 10.0. The van der Waals surface area contributed by atoms with Crippen molar-refractivity contribution in [2.75, 3.05) is 0 Å². The van der Waals surface area contributed by atoms with E-state index < -0.39 is 0 Å². The molecular weight excluding hydrogens is 164 g/mol. The number of fused-ring (bicyclic) bond motifs is 1. The first kappa shape index (κ1) is 7.77. The standard InChI is InChI=1S/C10H8N2O/c11-10-8(6-13)5-7-3-1-2-4-9(7)12-10/h1-4H,5H2,(H2,11,12). The van der Waals surface area contributed by atoms with Crippen molar-refractivity contribution in [2.24, 2.45) is 10.7 Å². The number of para-hydroxylation sites is 1. The molecule has 1 heterocycles. The SMILES string of the molecule is NC1=Nc2ccccc2CC1=C=O. The van der Waals surface area contributed by atoms with Gasteiger partial charge < -0.3 is 5.73 Å². The number of nitrogens with zero attached hydrogens (tertiary/aromatic N) is 1. The van der Waals surface area contributed by atoms with Gasteiger partial charge in [-0.1, -0.05) is 18.2 Å². The molecule has 0 aromatic heterocycles. The predicted molar refractivity (Wildman–Crippen MR) is 50.6 cm³/mol. The van der Waals surface area contributed by atoms with Gasteiger partial charge in [0.2, 0.25) is 0 Å². The van der Waals surface area contributed by atoms with E-state index in [0.717, 1.165) is 11.3 Å². The smallest absolute Gasteiger partial charge is 0.138 e. The molecule has 1 aromatic carbocycles. The third-order valence-electron chi connectivity index (χ3n) is 2.03. The molecule has 64 valence electrons. The molecule has 1 aliphatic heterocycles. The minimum absolute atomic E-state index is 0.286. The molecule has 2 N–H and O–H groups in total. The van der Waals surface area contributed by atoms with Gasteiger partial charge in [-0.2, -0.15) is 0 Å². The average molecular weight is 172 g/mol. The van der Waals surface area contributed by atoms with Crippen LogP contribution >= 0.6 is 0 Å². The van der Waals surface area contributed by atoms with Crippen LogP contribution in [0, 0.1) is 0 Å². The maximum atomic E-state index is 10.5. The van der Waals surface area contributed by atoms with Crippen molar-refractivity contribution in [1.29, 1.82) is 0 Å². The first-order chi connectivity index (χ1) is 6.31. The lowest BCUT2D eigenvalue weighted by molar-refractivity contribution is 0.567. The molecule has 0 fully saturated rings. The second-order valence-corrected chi connectivity index (χ2v) is 2.88. The maximum Gasteiger partial charge on any atom is 0.138 e. The van der Waals surface area contributed by atoms with Crippen molar-refractivity contribution in [2.45, 2.75) is 6.42 Å². The van der Waals surface area contributed by atoms with Crippen LogP contribution < -0.4 is 5.73 Å². The molecule has 0 atom stereocenters. The Bertz CT molecular complexity index is 428. The summed E-state index contributed by atoms with van der Waals surface area (Å²) in [6, 6.07) is 7.62. The Morgan fingerprint density at radius 1 is 1.38 bits per heavy atom.